The van der Waals surface area contributed by atoms with E-state index in [0.29, 0.717) is 22.0 Å². The van der Waals surface area contributed by atoms with Crippen LogP contribution in [-0.2, 0) is 9.59 Å². The minimum absolute atomic E-state index is 0.0880. The molecule has 1 atom stereocenters. The standard InChI is InChI=1S/C38H29ClN4O3S/c39-28-15-17-29(18-16-28)42-38(46)35(25-9-3-1-4-10-25)47-31-21-19-30(20-22-31)41-37(45)34(43-36(44)26-11-5-2-6-12-26)23-27-24-40-33-14-8-7-13-32(27)33/h1-24,35,40H,(H,41,45)(H,42,46)(H,43,44)/b34-23+/t35-/m1/s1. The summed E-state index contributed by atoms with van der Waals surface area (Å²) in [5, 5.41) is 9.63. The molecule has 0 aliphatic carbocycles. The molecule has 0 saturated heterocycles. The number of rotatable bonds is 10. The van der Waals surface area contributed by atoms with E-state index in [4.69, 9.17) is 11.6 Å². The molecule has 0 radical (unpaired) electrons. The second-order valence-electron chi connectivity index (χ2n) is 10.6. The Bertz CT molecular complexity index is 2040. The summed E-state index contributed by atoms with van der Waals surface area (Å²) in [7, 11) is 0. The molecule has 6 aromatic rings. The third-order valence-electron chi connectivity index (χ3n) is 7.27. The molecule has 6 rings (SSSR count). The fourth-order valence-corrected chi connectivity index (χ4v) is 6.05. The van der Waals surface area contributed by atoms with Crippen LogP contribution in [0.25, 0.3) is 17.0 Å². The van der Waals surface area contributed by atoms with Gasteiger partial charge in [0.05, 0.1) is 0 Å². The highest BCUT2D eigenvalue weighted by molar-refractivity contribution is 8.00. The van der Waals surface area contributed by atoms with Crippen molar-refractivity contribution in [1.29, 1.82) is 0 Å². The number of benzene rings is 5. The van der Waals surface area contributed by atoms with Crippen molar-refractivity contribution in [3.63, 3.8) is 0 Å². The Kier molecular flexibility index (Phi) is 9.81. The maximum atomic E-state index is 13.6. The van der Waals surface area contributed by atoms with Crippen LogP contribution in [0.2, 0.25) is 5.02 Å². The second kappa shape index (κ2) is 14.7. The number of hydrogen-bond donors (Lipinski definition) is 4. The van der Waals surface area contributed by atoms with E-state index < -0.39 is 17.1 Å². The van der Waals surface area contributed by atoms with Crippen LogP contribution in [-0.4, -0.2) is 22.7 Å². The van der Waals surface area contributed by atoms with Crippen molar-refractivity contribution in [2.45, 2.75) is 10.1 Å². The van der Waals surface area contributed by atoms with E-state index >= 15 is 0 Å². The van der Waals surface area contributed by atoms with Crippen LogP contribution in [0.3, 0.4) is 0 Å². The van der Waals surface area contributed by atoms with Gasteiger partial charge in [-0.25, -0.2) is 0 Å². The van der Waals surface area contributed by atoms with Crippen molar-refractivity contribution in [2.24, 2.45) is 0 Å². The van der Waals surface area contributed by atoms with E-state index in [2.05, 4.69) is 20.9 Å². The summed E-state index contributed by atoms with van der Waals surface area (Å²) in [6, 6.07) is 40.2. The van der Waals surface area contributed by atoms with Crippen molar-refractivity contribution < 1.29 is 14.4 Å². The maximum absolute atomic E-state index is 13.6. The Balaban J connectivity index is 1.20. The summed E-state index contributed by atoms with van der Waals surface area (Å²) in [5.74, 6) is -1.06. The molecule has 3 amide bonds. The number of hydrogen-bond acceptors (Lipinski definition) is 4. The quantitative estimate of drug-likeness (QED) is 0.0875. The Labute approximate surface area is 281 Å². The maximum Gasteiger partial charge on any atom is 0.272 e. The first kappa shape index (κ1) is 31.4. The van der Waals surface area contributed by atoms with Gasteiger partial charge in [0.25, 0.3) is 11.8 Å². The number of carbonyl (C=O) groups excluding carboxylic acids is 3. The number of aromatic amines is 1. The smallest absolute Gasteiger partial charge is 0.272 e. The van der Waals surface area contributed by atoms with Crippen molar-refractivity contribution in [1.82, 2.24) is 10.3 Å². The van der Waals surface area contributed by atoms with Gasteiger partial charge in [0.15, 0.2) is 0 Å². The molecule has 0 aliphatic heterocycles. The molecule has 7 nitrogen and oxygen atoms in total. The number of H-pyrrole nitrogens is 1. The minimum atomic E-state index is -0.536. The van der Waals surface area contributed by atoms with Crippen LogP contribution < -0.4 is 16.0 Å². The van der Waals surface area contributed by atoms with Crippen LogP contribution in [0.1, 0.15) is 26.7 Å². The number of thioether (sulfide) groups is 1. The largest absolute Gasteiger partial charge is 0.361 e. The van der Waals surface area contributed by atoms with Gasteiger partial charge in [-0.2, -0.15) is 0 Å². The SMILES string of the molecule is O=C(Nc1ccc(S[C@@H](C(=O)Nc2ccc(Cl)cc2)c2ccccc2)cc1)/C(=C\c1c[nH]c2ccccc12)NC(=O)c1ccccc1. The number of amides is 3. The second-order valence-corrected chi connectivity index (χ2v) is 12.2. The average molecular weight is 657 g/mol. The highest BCUT2D eigenvalue weighted by Gasteiger charge is 2.23. The Morgan fingerprint density at radius 1 is 0.702 bits per heavy atom. The molecule has 5 aromatic carbocycles. The van der Waals surface area contributed by atoms with Crippen LogP contribution in [0.5, 0.6) is 0 Å². The van der Waals surface area contributed by atoms with Crippen molar-refractivity contribution in [3.8, 4) is 0 Å². The number of aromatic nitrogens is 1. The molecule has 0 saturated carbocycles. The number of halogens is 1. The first-order chi connectivity index (χ1) is 22.9. The molecule has 4 N–H and O–H groups in total. The monoisotopic (exact) mass is 656 g/mol. The molecule has 0 spiro atoms. The molecule has 232 valence electrons. The number of carbonyl (C=O) groups is 3. The summed E-state index contributed by atoms with van der Waals surface area (Å²) < 4.78 is 0. The van der Waals surface area contributed by atoms with Gasteiger partial charge in [0.1, 0.15) is 10.9 Å². The van der Waals surface area contributed by atoms with Crippen molar-refractivity contribution in [3.05, 3.63) is 167 Å². The van der Waals surface area contributed by atoms with Crippen molar-refractivity contribution in [2.75, 3.05) is 10.6 Å². The number of para-hydroxylation sites is 1. The molecular weight excluding hydrogens is 628 g/mol. The van der Waals surface area contributed by atoms with Gasteiger partial charge < -0.3 is 20.9 Å². The molecule has 47 heavy (non-hydrogen) atoms. The van der Waals surface area contributed by atoms with Gasteiger partial charge in [0.2, 0.25) is 5.91 Å². The Morgan fingerprint density at radius 3 is 2.04 bits per heavy atom. The normalized spacial score (nSPS) is 11.9. The van der Waals surface area contributed by atoms with Gasteiger partial charge in [-0.05, 0) is 78.4 Å². The first-order valence-electron chi connectivity index (χ1n) is 14.8. The first-order valence-corrected chi connectivity index (χ1v) is 16.0. The zero-order chi connectivity index (χ0) is 32.6. The Morgan fingerprint density at radius 2 is 1.32 bits per heavy atom. The van der Waals surface area contributed by atoms with E-state index in [-0.39, 0.29) is 11.6 Å². The lowest BCUT2D eigenvalue weighted by molar-refractivity contribution is -0.116. The lowest BCUT2D eigenvalue weighted by Gasteiger charge is -2.17. The predicted molar refractivity (Wildman–Crippen MR) is 190 cm³/mol. The lowest BCUT2D eigenvalue weighted by atomic mass is 10.1. The fraction of sp³-hybridized carbons (Fsp3) is 0.0263. The van der Waals surface area contributed by atoms with E-state index in [9.17, 15) is 14.4 Å². The highest BCUT2D eigenvalue weighted by atomic mass is 35.5. The van der Waals surface area contributed by atoms with Gasteiger partial charge >= 0.3 is 0 Å². The summed E-state index contributed by atoms with van der Waals surface area (Å²) >= 11 is 7.40. The molecule has 9 heteroatoms. The zero-order valence-corrected chi connectivity index (χ0v) is 26.5. The van der Waals surface area contributed by atoms with E-state index in [0.717, 1.165) is 26.9 Å². The van der Waals surface area contributed by atoms with Gasteiger partial charge in [-0.1, -0.05) is 78.3 Å². The molecule has 0 unspecified atom stereocenters. The number of fused-ring (bicyclic) bond motifs is 1. The average Bonchev–Trinajstić information content (AvgIpc) is 3.52. The van der Waals surface area contributed by atoms with E-state index in [1.807, 2.05) is 72.8 Å². The molecule has 0 bridgehead atoms. The van der Waals surface area contributed by atoms with Gasteiger partial charge in [-0.15, -0.1) is 11.8 Å². The van der Waals surface area contributed by atoms with Crippen LogP contribution in [0.15, 0.2) is 150 Å². The van der Waals surface area contributed by atoms with E-state index in [1.165, 1.54) is 11.8 Å². The van der Waals surface area contributed by atoms with E-state index in [1.54, 1.807) is 72.9 Å². The predicted octanol–water partition coefficient (Wildman–Crippen LogP) is 8.70. The fourth-order valence-electron chi connectivity index (χ4n) is 4.90. The molecule has 0 aliphatic rings. The Hall–Kier alpha value is -5.57. The number of anilines is 2. The third-order valence-corrected chi connectivity index (χ3v) is 8.79. The highest BCUT2D eigenvalue weighted by Crippen LogP contribution is 2.37. The molecule has 1 heterocycles. The topological polar surface area (TPSA) is 103 Å². The lowest BCUT2D eigenvalue weighted by Crippen LogP contribution is -2.30. The van der Waals surface area contributed by atoms with Crippen LogP contribution in [0, 0.1) is 0 Å². The summed E-state index contributed by atoms with van der Waals surface area (Å²) in [6.07, 6.45) is 3.45. The third kappa shape index (κ3) is 7.99. The van der Waals surface area contributed by atoms with Gasteiger partial charge in [0, 0.05) is 49.5 Å². The minimum Gasteiger partial charge on any atom is -0.361 e. The van der Waals surface area contributed by atoms with Crippen molar-refractivity contribution >= 4 is 69.4 Å². The van der Waals surface area contributed by atoms with Gasteiger partial charge in [-0.3, -0.25) is 14.4 Å². The molecule has 0 fully saturated rings. The summed E-state index contributed by atoms with van der Waals surface area (Å²) in [6.45, 7) is 0. The zero-order valence-electron chi connectivity index (χ0n) is 24.9. The number of nitrogens with one attached hydrogen (secondary N) is 4. The molecule has 1 aromatic heterocycles. The summed E-state index contributed by atoms with van der Waals surface area (Å²) in [4.78, 5) is 44.1. The van der Waals surface area contributed by atoms with Crippen LogP contribution >= 0.6 is 23.4 Å². The summed E-state index contributed by atoms with van der Waals surface area (Å²) in [5.41, 5.74) is 4.22. The molecular formula is C38H29ClN4O3S. The van der Waals surface area contributed by atoms with Crippen LogP contribution in [0.4, 0.5) is 11.4 Å².